The van der Waals surface area contributed by atoms with Crippen LogP contribution in [-0.4, -0.2) is 45.4 Å². The normalized spacial score (nSPS) is 16.9. The Morgan fingerprint density at radius 2 is 2.08 bits per heavy atom. The lowest BCUT2D eigenvalue weighted by molar-refractivity contribution is -0.120. The standard InChI is InChI=1S/C19H26N4OS2/c1-13(2)17(23-9-8-15-6-4-5-7-16(15)11-23)10-20-18(24)14(3)26-19-22-21-12-25-19/h4-7,12-14,17H,8-11H2,1-3H3,(H,20,24). The summed E-state index contributed by atoms with van der Waals surface area (Å²) in [5.74, 6) is 0.542. The van der Waals surface area contributed by atoms with Crippen molar-refractivity contribution < 1.29 is 4.79 Å². The first-order valence-electron chi connectivity index (χ1n) is 9.06. The largest absolute Gasteiger partial charge is 0.354 e. The molecule has 0 saturated carbocycles. The average Bonchev–Trinajstić information content (AvgIpc) is 3.14. The molecule has 5 nitrogen and oxygen atoms in total. The molecule has 1 aromatic carbocycles. The van der Waals surface area contributed by atoms with Crippen molar-refractivity contribution in [3.8, 4) is 0 Å². The van der Waals surface area contributed by atoms with Gasteiger partial charge in [0.25, 0.3) is 0 Å². The Hall–Kier alpha value is -1.44. The number of fused-ring (bicyclic) bond motifs is 1. The van der Waals surface area contributed by atoms with Gasteiger partial charge in [-0.3, -0.25) is 9.69 Å². The van der Waals surface area contributed by atoms with Gasteiger partial charge in [-0.15, -0.1) is 10.2 Å². The molecule has 1 aromatic heterocycles. The van der Waals surface area contributed by atoms with Crippen LogP contribution in [0.1, 0.15) is 31.9 Å². The SMILES string of the molecule is CC(Sc1nncs1)C(=O)NCC(C(C)C)N1CCc2ccccc2C1. The highest BCUT2D eigenvalue weighted by Crippen LogP contribution is 2.25. The number of aromatic nitrogens is 2. The summed E-state index contributed by atoms with van der Waals surface area (Å²) in [7, 11) is 0. The van der Waals surface area contributed by atoms with Crippen LogP contribution in [0.5, 0.6) is 0 Å². The van der Waals surface area contributed by atoms with Crippen molar-refractivity contribution in [3.05, 3.63) is 40.9 Å². The topological polar surface area (TPSA) is 58.1 Å². The van der Waals surface area contributed by atoms with Crippen LogP contribution >= 0.6 is 23.1 Å². The zero-order valence-electron chi connectivity index (χ0n) is 15.5. The van der Waals surface area contributed by atoms with Crippen LogP contribution in [0.4, 0.5) is 0 Å². The molecule has 3 rings (SSSR count). The highest BCUT2D eigenvalue weighted by molar-refractivity contribution is 8.02. The predicted molar refractivity (Wildman–Crippen MR) is 107 cm³/mol. The van der Waals surface area contributed by atoms with Gasteiger partial charge in [-0.1, -0.05) is 61.2 Å². The van der Waals surface area contributed by atoms with E-state index in [1.807, 2.05) is 6.92 Å². The minimum absolute atomic E-state index is 0.0632. The summed E-state index contributed by atoms with van der Waals surface area (Å²) in [6.07, 6.45) is 1.08. The van der Waals surface area contributed by atoms with Gasteiger partial charge in [0, 0.05) is 25.7 Å². The van der Waals surface area contributed by atoms with Gasteiger partial charge in [-0.2, -0.15) is 0 Å². The van der Waals surface area contributed by atoms with E-state index in [2.05, 4.69) is 58.5 Å². The fourth-order valence-corrected chi connectivity index (χ4v) is 5.01. The van der Waals surface area contributed by atoms with Gasteiger partial charge in [-0.25, -0.2) is 0 Å². The monoisotopic (exact) mass is 390 g/mol. The number of carbonyl (C=O) groups excluding carboxylic acids is 1. The molecule has 2 heterocycles. The molecule has 0 aliphatic carbocycles. The van der Waals surface area contributed by atoms with E-state index in [4.69, 9.17) is 0 Å². The molecular formula is C19H26N4OS2. The van der Waals surface area contributed by atoms with Crippen molar-refractivity contribution in [2.24, 2.45) is 5.92 Å². The smallest absolute Gasteiger partial charge is 0.233 e. The summed E-state index contributed by atoms with van der Waals surface area (Å²) in [6.45, 7) is 9.07. The third-order valence-corrected chi connectivity index (χ3v) is 6.78. The maximum Gasteiger partial charge on any atom is 0.233 e. The van der Waals surface area contributed by atoms with Gasteiger partial charge in [0.15, 0.2) is 4.34 Å². The van der Waals surface area contributed by atoms with Crippen molar-refractivity contribution in [1.29, 1.82) is 0 Å². The molecule has 1 aliphatic rings. The number of amides is 1. The average molecular weight is 391 g/mol. The van der Waals surface area contributed by atoms with Crippen molar-refractivity contribution in [2.45, 2.75) is 49.4 Å². The van der Waals surface area contributed by atoms with E-state index in [0.717, 1.165) is 23.8 Å². The number of benzene rings is 1. The zero-order valence-corrected chi connectivity index (χ0v) is 17.1. The number of nitrogens with one attached hydrogen (secondary N) is 1. The molecule has 1 amide bonds. The second-order valence-electron chi connectivity index (χ2n) is 7.01. The van der Waals surface area contributed by atoms with Crippen molar-refractivity contribution in [3.63, 3.8) is 0 Å². The summed E-state index contributed by atoms with van der Waals surface area (Å²) in [5.41, 5.74) is 4.56. The quantitative estimate of drug-likeness (QED) is 0.736. The number of carbonyl (C=O) groups is 1. The lowest BCUT2D eigenvalue weighted by atomic mass is 9.95. The van der Waals surface area contributed by atoms with E-state index < -0.39 is 0 Å². The van der Waals surface area contributed by atoms with Gasteiger partial charge in [0.1, 0.15) is 5.51 Å². The van der Waals surface area contributed by atoms with Gasteiger partial charge in [0.2, 0.25) is 5.91 Å². The van der Waals surface area contributed by atoms with Gasteiger partial charge in [0.05, 0.1) is 5.25 Å². The highest BCUT2D eigenvalue weighted by atomic mass is 32.2. The molecule has 0 fully saturated rings. The molecule has 0 spiro atoms. The van der Waals surface area contributed by atoms with E-state index in [1.165, 1.54) is 34.2 Å². The number of rotatable bonds is 7. The van der Waals surface area contributed by atoms with Crippen LogP contribution < -0.4 is 5.32 Å². The number of thioether (sulfide) groups is 1. The first kappa shape index (κ1) is 19.3. The zero-order chi connectivity index (χ0) is 18.5. The molecule has 2 atom stereocenters. The van der Waals surface area contributed by atoms with E-state index >= 15 is 0 Å². The molecule has 26 heavy (non-hydrogen) atoms. The molecule has 0 radical (unpaired) electrons. The Morgan fingerprint density at radius 1 is 1.31 bits per heavy atom. The minimum atomic E-state index is -0.169. The Bertz CT molecular complexity index is 720. The highest BCUT2D eigenvalue weighted by Gasteiger charge is 2.27. The van der Waals surface area contributed by atoms with E-state index in [1.54, 1.807) is 5.51 Å². The summed E-state index contributed by atoms with van der Waals surface area (Å²) >= 11 is 2.93. The van der Waals surface area contributed by atoms with Crippen LogP contribution in [0, 0.1) is 5.92 Å². The third-order valence-electron chi connectivity index (χ3n) is 4.87. The van der Waals surface area contributed by atoms with Crippen LogP contribution in [0.3, 0.4) is 0 Å². The molecule has 7 heteroatoms. The Morgan fingerprint density at radius 3 is 2.77 bits per heavy atom. The Labute approximate surface area is 163 Å². The number of hydrogen-bond acceptors (Lipinski definition) is 6. The first-order chi connectivity index (χ1) is 12.5. The Kier molecular flexibility index (Phi) is 6.67. The molecule has 0 saturated heterocycles. The molecule has 1 N–H and O–H groups in total. The van der Waals surface area contributed by atoms with Gasteiger partial charge in [-0.05, 0) is 30.4 Å². The van der Waals surface area contributed by atoms with E-state index in [0.29, 0.717) is 18.5 Å². The second-order valence-corrected chi connectivity index (χ2v) is 9.43. The van der Waals surface area contributed by atoms with Crippen molar-refractivity contribution in [2.75, 3.05) is 13.1 Å². The number of nitrogens with zero attached hydrogens (tertiary/aromatic N) is 3. The van der Waals surface area contributed by atoms with Crippen molar-refractivity contribution >= 4 is 29.0 Å². The first-order valence-corrected chi connectivity index (χ1v) is 10.8. The molecule has 2 aromatic rings. The molecule has 1 aliphatic heterocycles. The van der Waals surface area contributed by atoms with Crippen LogP contribution in [0.2, 0.25) is 0 Å². The fourth-order valence-electron chi connectivity index (χ4n) is 3.35. The summed E-state index contributed by atoms with van der Waals surface area (Å²) in [6, 6.07) is 9.02. The van der Waals surface area contributed by atoms with Crippen molar-refractivity contribution in [1.82, 2.24) is 20.4 Å². The lowest BCUT2D eigenvalue weighted by Gasteiger charge is -2.38. The predicted octanol–water partition coefficient (Wildman–Crippen LogP) is 3.22. The molecular weight excluding hydrogens is 364 g/mol. The minimum Gasteiger partial charge on any atom is -0.354 e. The van der Waals surface area contributed by atoms with Crippen LogP contribution in [0.25, 0.3) is 0 Å². The maximum atomic E-state index is 12.5. The van der Waals surface area contributed by atoms with Gasteiger partial charge < -0.3 is 5.32 Å². The molecule has 140 valence electrons. The number of hydrogen-bond donors (Lipinski definition) is 1. The maximum absolute atomic E-state index is 12.5. The summed E-state index contributed by atoms with van der Waals surface area (Å²) in [5, 5.41) is 10.8. The van der Waals surface area contributed by atoms with Gasteiger partial charge >= 0.3 is 0 Å². The third kappa shape index (κ3) is 4.84. The summed E-state index contributed by atoms with van der Waals surface area (Å²) < 4.78 is 0.834. The molecule has 2 unspecified atom stereocenters. The summed E-state index contributed by atoms with van der Waals surface area (Å²) in [4.78, 5) is 15.0. The van der Waals surface area contributed by atoms with E-state index in [-0.39, 0.29) is 11.2 Å². The lowest BCUT2D eigenvalue weighted by Crippen LogP contribution is -2.49. The molecule has 0 bridgehead atoms. The van der Waals surface area contributed by atoms with Crippen LogP contribution in [0.15, 0.2) is 34.1 Å². The Balaban J connectivity index is 1.56. The fraction of sp³-hybridized carbons (Fsp3) is 0.526. The second kappa shape index (κ2) is 8.97. The van der Waals surface area contributed by atoms with E-state index in [9.17, 15) is 4.79 Å². The van der Waals surface area contributed by atoms with Crippen LogP contribution in [-0.2, 0) is 17.8 Å².